The van der Waals surface area contributed by atoms with E-state index in [-0.39, 0.29) is 16.6 Å². The van der Waals surface area contributed by atoms with Gasteiger partial charge in [0.2, 0.25) is 0 Å². The largest absolute Gasteiger partial charge is 0.375 e. The van der Waals surface area contributed by atoms with E-state index in [1.165, 1.54) is 18.2 Å². The number of hydrogen-bond acceptors (Lipinski definition) is 6. The quantitative estimate of drug-likeness (QED) is 0.601. The van der Waals surface area contributed by atoms with E-state index in [1.54, 1.807) is 0 Å². The smallest absolute Gasteiger partial charge is 0.310 e. The summed E-state index contributed by atoms with van der Waals surface area (Å²) in [6.45, 7) is 0.352. The summed E-state index contributed by atoms with van der Waals surface area (Å²) < 4.78 is 23.3. The molecule has 1 aromatic rings. The van der Waals surface area contributed by atoms with Gasteiger partial charge in [-0.05, 0) is 30.9 Å². The van der Waals surface area contributed by atoms with Crippen LogP contribution in [0.25, 0.3) is 0 Å². The lowest BCUT2D eigenvalue weighted by atomic mass is 10.1. The molecule has 0 aliphatic heterocycles. The van der Waals surface area contributed by atoms with Crippen molar-refractivity contribution in [2.45, 2.75) is 23.8 Å². The number of nitrogens with two attached hydrogens (primary N) is 1. The second kappa shape index (κ2) is 5.37. The van der Waals surface area contributed by atoms with Crippen LogP contribution in [0.5, 0.6) is 0 Å². The van der Waals surface area contributed by atoms with Crippen molar-refractivity contribution in [2.24, 2.45) is 11.7 Å². The first-order valence-electron chi connectivity index (χ1n) is 6.28. The number of sulfone groups is 1. The third kappa shape index (κ3) is 3.07. The highest BCUT2D eigenvalue weighted by atomic mass is 32.2. The second-order valence-electron chi connectivity index (χ2n) is 5.01. The Morgan fingerprint density at radius 2 is 2.15 bits per heavy atom. The number of hydrogen-bond donors (Lipinski definition) is 2. The van der Waals surface area contributed by atoms with Gasteiger partial charge in [0.15, 0.2) is 9.84 Å². The van der Waals surface area contributed by atoms with Gasteiger partial charge in [0.05, 0.1) is 4.92 Å². The number of nitrogens with zero attached hydrogens (tertiary/aromatic N) is 1. The molecule has 1 saturated carbocycles. The molecule has 0 aromatic heterocycles. The molecular formula is C12H17N3O4S. The molecule has 8 heteroatoms. The minimum Gasteiger partial charge on any atom is -0.375 e. The summed E-state index contributed by atoms with van der Waals surface area (Å²) in [7, 11) is -3.66. The van der Waals surface area contributed by atoms with E-state index in [0.717, 1.165) is 19.1 Å². The first kappa shape index (κ1) is 14.7. The van der Waals surface area contributed by atoms with E-state index in [1.807, 2.05) is 0 Å². The Morgan fingerprint density at radius 3 is 2.60 bits per heavy atom. The maximum atomic E-state index is 11.7. The topological polar surface area (TPSA) is 115 Å². The highest BCUT2D eigenvalue weighted by Crippen LogP contribution is 2.37. The minimum absolute atomic E-state index is 0.0662. The van der Waals surface area contributed by atoms with E-state index in [9.17, 15) is 18.5 Å². The summed E-state index contributed by atoms with van der Waals surface area (Å²) in [6, 6.07) is 4.18. The molecule has 7 nitrogen and oxygen atoms in total. The average Bonchev–Trinajstić information content (AvgIpc) is 3.18. The molecule has 0 heterocycles. The second-order valence-corrected chi connectivity index (χ2v) is 6.99. The van der Waals surface area contributed by atoms with E-state index >= 15 is 0 Å². The van der Waals surface area contributed by atoms with Crippen LogP contribution in [0.4, 0.5) is 11.4 Å². The molecule has 20 heavy (non-hydrogen) atoms. The molecule has 0 radical (unpaired) electrons. The molecule has 0 saturated heterocycles. The van der Waals surface area contributed by atoms with Crippen LogP contribution in [0.1, 0.15) is 12.8 Å². The zero-order valence-electron chi connectivity index (χ0n) is 11.1. The van der Waals surface area contributed by atoms with Crippen molar-refractivity contribution in [2.75, 3.05) is 18.1 Å². The maximum absolute atomic E-state index is 11.7. The molecule has 1 atom stereocenters. The fourth-order valence-electron chi connectivity index (χ4n) is 2.19. The number of rotatable bonds is 6. The molecule has 110 valence electrons. The Bertz CT molecular complexity index is 626. The van der Waals surface area contributed by atoms with Crippen molar-refractivity contribution in [1.29, 1.82) is 0 Å². The summed E-state index contributed by atoms with van der Waals surface area (Å²) >= 11 is 0. The van der Waals surface area contributed by atoms with Gasteiger partial charge in [-0.25, -0.2) is 8.42 Å². The highest BCUT2D eigenvalue weighted by Gasteiger charge is 2.33. The van der Waals surface area contributed by atoms with Crippen LogP contribution >= 0.6 is 0 Å². The molecule has 0 spiro atoms. The monoisotopic (exact) mass is 299 g/mol. The van der Waals surface area contributed by atoms with E-state index in [0.29, 0.717) is 12.5 Å². The fourth-order valence-corrected chi connectivity index (χ4v) is 3.06. The Hall–Kier alpha value is -1.67. The normalized spacial score (nSPS) is 16.7. The van der Waals surface area contributed by atoms with Crippen LogP contribution in [0.3, 0.4) is 0 Å². The molecule has 1 aliphatic rings. The molecule has 2 rings (SSSR count). The van der Waals surface area contributed by atoms with E-state index < -0.39 is 20.4 Å². The zero-order valence-corrected chi connectivity index (χ0v) is 11.9. The number of nitrogens with one attached hydrogen (secondary N) is 1. The Labute approximate surface area is 117 Å². The summed E-state index contributed by atoms with van der Waals surface area (Å²) in [5.74, 6) is 0.404. The molecule has 3 N–H and O–H groups in total. The van der Waals surface area contributed by atoms with Crippen LogP contribution in [0.15, 0.2) is 23.1 Å². The molecule has 1 aliphatic carbocycles. The van der Waals surface area contributed by atoms with E-state index in [4.69, 9.17) is 5.73 Å². The Balaban J connectivity index is 2.44. The fraction of sp³-hybridized carbons (Fsp3) is 0.500. The van der Waals surface area contributed by atoms with Crippen molar-refractivity contribution < 1.29 is 13.3 Å². The lowest BCUT2D eigenvalue weighted by Gasteiger charge is -2.18. The molecule has 1 aromatic carbocycles. The SMILES string of the molecule is CS(=O)(=O)c1cccc(NC(CN)C2CC2)c1[N+](=O)[O-]. The van der Waals surface area contributed by atoms with Gasteiger partial charge in [-0.3, -0.25) is 10.1 Å². The van der Waals surface area contributed by atoms with Crippen LogP contribution in [-0.4, -0.2) is 32.2 Å². The van der Waals surface area contributed by atoms with Crippen LogP contribution in [0, 0.1) is 16.0 Å². The first-order chi connectivity index (χ1) is 9.34. The highest BCUT2D eigenvalue weighted by molar-refractivity contribution is 7.90. The van der Waals surface area contributed by atoms with Gasteiger partial charge in [0.25, 0.3) is 0 Å². The van der Waals surface area contributed by atoms with Gasteiger partial charge in [-0.1, -0.05) is 6.07 Å². The third-order valence-corrected chi connectivity index (χ3v) is 4.50. The first-order valence-corrected chi connectivity index (χ1v) is 8.17. The molecule has 1 unspecified atom stereocenters. The molecule has 1 fully saturated rings. The molecule has 0 bridgehead atoms. The van der Waals surface area contributed by atoms with Crippen molar-refractivity contribution in [1.82, 2.24) is 0 Å². The van der Waals surface area contributed by atoms with Crippen molar-refractivity contribution in [3.05, 3.63) is 28.3 Å². The van der Waals surface area contributed by atoms with Gasteiger partial charge >= 0.3 is 5.69 Å². The standard InChI is InChI=1S/C12H17N3O4S/c1-20(18,19)11-4-2-3-9(12(11)15(16)17)14-10(7-13)8-5-6-8/h2-4,8,10,14H,5-7,13H2,1H3. The number of benzene rings is 1. The number of nitro benzene ring substituents is 1. The van der Waals surface area contributed by atoms with Gasteiger partial charge in [0, 0.05) is 18.8 Å². The predicted octanol–water partition coefficient (Wildman–Crippen LogP) is 1.15. The van der Waals surface area contributed by atoms with Crippen molar-refractivity contribution in [3.63, 3.8) is 0 Å². The Morgan fingerprint density at radius 1 is 1.50 bits per heavy atom. The minimum atomic E-state index is -3.66. The van der Waals surface area contributed by atoms with Crippen LogP contribution in [0.2, 0.25) is 0 Å². The molecular weight excluding hydrogens is 282 g/mol. The summed E-state index contributed by atoms with van der Waals surface area (Å²) in [5.41, 5.74) is 5.46. The summed E-state index contributed by atoms with van der Waals surface area (Å²) in [6.07, 6.45) is 3.03. The average molecular weight is 299 g/mol. The van der Waals surface area contributed by atoms with Crippen LogP contribution < -0.4 is 11.1 Å². The zero-order chi connectivity index (χ0) is 14.9. The lowest BCUT2D eigenvalue weighted by Crippen LogP contribution is -2.31. The van der Waals surface area contributed by atoms with Gasteiger partial charge in [-0.15, -0.1) is 0 Å². The van der Waals surface area contributed by atoms with Gasteiger partial charge in [0.1, 0.15) is 10.6 Å². The number of nitro groups is 1. The number of para-hydroxylation sites is 1. The van der Waals surface area contributed by atoms with Gasteiger partial charge < -0.3 is 11.1 Å². The lowest BCUT2D eigenvalue weighted by molar-refractivity contribution is -0.386. The summed E-state index contributed by atoms with van der Waals surface area (Å²) in [5, 5.41) is 14.2. The van der Waals surface area contributed by atoms with Gasteiger partial charge in [-0.2, -0.15) is 0 Å². The van der Waals surface area contributed by atoms with E-state index in [2.05, 4.69) is 5.32 Å². The van der Waals surface area contributed by atoms with Crippen molar-refractivity contribution in [3.8, 4) is 0 Å². The van der Waals surface area contributed by atoms with Crippen molar-refractivity contribution >= 4 is 21.2 Å². The maximum Gasteiger partial charge on any atom is 0.310 e. The van der Waals surface area contributed by atoms with Crippen LogP contribution in [-0.2, 0) is 9.84 Å². The predicted molar refractivity (Wildman–Crippen MR) is 75.4 cm³/mol. The molecule has 0 amide bonds. The Kier molecular flexibility index (Phi) is 3.96. The number of anilines is 1. The third-order valence-electron chi connectivity index (χ3n) is 3.37. The summed E-state index contributed by atoms with van der Waals surface area (Å²) in [4.78, 5) is 10.3.